The quantitative estimate of drug-likeness (QED) is 0.105. The Bertz CT molecular complexity index is 1910. The molecule has 1 aromatic heterocycles. The van der Waals surface area contributed by atoms with E-state index < -0.39 is 17.6 Å². The Kier molecular flexibility index (Phi) is 10.1. The average Bonchev–Trinajstić information content (AvgIpc) is 3.10. The first-order chi connectivity index (χ1) is 22.8. The summed E-state index contributed by atoms with van der Waals surface area (Å²) < 4.78 is 33.7. The number of hydroxylamine groups is 1. The maximum Gasteiger partial charge on any atom is 0.303 e. The fourth-order valence-corrected chi connectivity index (χ4v) is 5.54. The molecule has 1 aliphatic heterocycles. The molecule has 0 bridgehead atoms. The molecule has 4 aromatic rings. The van der Waals surface area contributed by atoms with Crippen LogP contribution >= 0.6 is 0 Å². The molecule has 1 saturated heterocycles. The highest BCUT2D eigenvalue weighted by atomic mass is 19.1. The first-order valence-electron chi connectivity index (χ1n) is 14.7. The van der Waals surface area contributed by atoms with Gasteiger partial charge in [0.15, 0.2) is 17.3 Å². The molecule has 0 aliphatic carbocycles. The van der Waals surface area contributed by atoms with Crippen LogP contribution in [0.3, 0.4) is 0 Å². The van der Waals surface area contributed by atoms with Crippen molar-refractivity contribution in [2.24, 2.45) is 0 Å². The highest BCUT2D eigenvalue weighted by Crippen LogP contribution is 2.41. The standard InChI is InChI=1S/C35H30F2N6O4/c1-47-32-9-8-23(16-31(32)44)28-20-41-34(27(18-39)33(28)24-6-7-25(17-38)29(36)15-24)43-12-10-26(11-13-43)40-19-22-4-2-21(3-5-22)14-30(37)35(45)42-46/h2-9,14-16,20,26,40,44,46H,10-13,19H2,1H3,(H,42,45)/b30-14-. The molecule has 47 heavy (non-hydrogen) atoms. The van der Waals surface area contributed by atoms with Gasteiger partial charge in [0.1, 0.15) is 29.3 Å². The van der Waals surface area contributed by atoms with E-state index >= 15 is 0 Å². The van der Waals surface area contributed by atoms with E-state index in [4.69, 9.17) is 9.94 Å². The second-order valence-electron chi connectivity index (χ2n) is 10.9. The van der Waals surface area contributed by atoms with Crippen LogP contribution in [0.25, 0.3) is 28.3 Å². The van der Waals surface area contributed by atoms with Gasteiger partial charge in [-0.05, 0) is 65.4 Å². The summed E-state index contributed by atoms with van der Waals surface area (Å²) in [5.41, 5.74) is 4.69. The van der Waals surface area contributed by atoms with E-state index in [1.165, 1.54) is 30.8 Å². The summed E-state index contributed by atoms with van der Waals surface area (Å²) >= 11 is 0. The Balaban J connectivity index is 1.36. The van der Waals surface area contributed by atoms with Gasteiger partial charge in [-0.25, -0.2) is 19.2 Å². The third kappa shape index (κ3) is 7.20. The number of anilines is 1. The highest BCUT2D eigenvalue weighted by Gasteiger charge is 2.26. The van der Waals surface area contributed by atoms with E-state index in [1.807, 2.05) is 23.1 Å². The third-order valence-electron chi connectivity index (χ3n) is 8.02. The summed E-state index contributed by atoms with van der Waals surface area (Å²) in [7, 11) is 1.44. The minimum Gasteiger partial charge on any atom is -0.504 e. The number of nitrogens with one attached hydrogen (secondary N) is 2. The van der Waals surface area contributed by atoms with Crippen LogP contribution in [0.2, 0.25) is 0 Å². The fourth-order valence-electron chi connectivity index (χ4n) is 5.54. The normalized spacial score (nSPS) is 13.5. The molecule has 10 nitrogen and oxygen atoms in total. The van der Waals surface area contributed by atoms with Gasteiger partial charge < -0.3 is 20.1 Å². The summed E-state index contributed by atoms with van der Waals surface area (Å²) in [5.74, 6) is -2.41. The molecule has 2 heterocycles. The number of aromatic hydroxyl groups is 1. The average molecular weight is 637 g/mol. The maximum absolute atomic E-state index is 14.8. The monoisotopic (exact) mass is 636 g/mol. The molecule has 1 aliphatic rings. The molecule has 4 N–H and O–H groups in total. The predicted octanol–water partition coefficient (Wildman–Crippen LogP) is 5.59. The SMILES string of the molecule is COc1ccc(-c2cnc(N3CCC(NCc4ccc(/C=C(\F)C(=O)NO)cc4)CC3)c(C#N)c2-c2ccc(C#N)c(F)c2)cc1O. The van der Waals surface area contributed by atoms with E-state index in [9.17, 15) is 29.2 Å². The van der Waals surface area contributed by atoms with Gasteiger partial charge in [-0.2, -0.15) is 10.5 Å². The van der Waals surface area contributed by atoms with E-state index in [2.05, 4.69) is 16.4 Å². The van der Waals surface area contributed by atoms with Crippen molar-refractivity contribution < 1.29 is 28.6 Å². The number of halogens is 2. The number of ether oxygens (including phenoxy) is 1. The van der Waals surface area contributed by atoms with Crippen LogP contribution in [-0.4, -0.2) is 47.4 Å². The lowest BCUT2D eigenvalue weighted by molar-refractivity contribution is -0.126. The topological polar surface area (TPSA) is 155 Å². The van der Waals surface area contributed by atoms with Gasteiger partial charge in [-0.15, -0.1) is 0 Å². The van der Waals surface area contributed by atoms with E-state index in [-0.39, 0.29) is 28.7 Å². The Morgan fingerprint density at radius 2 is 1.81 bits per heavy atom. The van der Waals surface area contributed by atoms with Crippen LogP contribution in [0.1, 0.15) is 35.1 Å². The summed E-state index contributed by atoms with van der Waals surface area (Å²) in [4.78, 5) is 17.9. The number of amides is 1. The summed E-state index contributed by atoms with van der Waals surface area (Å²) in [5, 5.41) is 42.2. The number of benzene rings is 3. The second kappa shape index (κ2) is 14.5. The zero-order chi connectivity index (χ0) is 33.5. The van der Waals surface area contributed by atoms with E-state index in [0.717, 1.165) is 24.5 Å². The second-order valence-corrected chi connectivity index (χ2v) is 10.9. The molecule has 0 unspecified atom stereocenters. The number of carbonyl (C=O) groups is 1. The smallest absolute Gasteiger partial charge is 0.303 e. The lowest BCUT2D eigenvalue weighted by Crippen LogP contribution is -2.42. The first-order valence-corrected chi connectivity index (χ1v) is 14.7. The maximum atomic E-state index is 14.8. The third-order valence-corrected chi connectivity index (χ3v) is 8.02. The number of pyridine rings is 1. The van der Waals surface area contributed by atoms with E-state index in [1.54, 1.807) is 36.5 Å². The first kappa shape index (κ1) is 32.6. The lowest BCUT2D eigenvalue weighted by atomic mass is 9.91. The number of rotatable bonds is 9. The molecule has 1 amide bonds. The summed E-state index contributed by atoms with van der Waals surface area (Å²) in [6.07, 6.45) is 4.14. The minimum atomic E-state index is -1.22. The summed E-state index contributed by atoms with van der Waals surface area (Å²) in [6.45, 7) is 1.76. The van der Waals surface area contributed by atoms with Gasteiger partial charge >= 0.3 is 5.91 Å². The zero-order valence-corrected chi connectivity index (χ0v) is 25.3. The number of nitriles is 2. The van der Waals surface area contributed by atoms with Crippen molar-refractivity contribution in [1.29, 1.82) is 10.5 Å². The zero-order valence-electron chi connectivity index (χ0n) is 25.3. The number of methoxy groups -OCH3 is 1. The number of hydrogen-bond donors (Lipinski definition) is 4. The number of nitrogens with zero attached hydrogens (tertiary/aromatic N) is 4. The van der Waals surface area contributed by atoms with Crippen molar-refractivity contribution in [3.63, 3.8) is 0 Å². The number of piperidine rings is 1. The number of hydrogen-bond acceptors (Lipinski definition) is 9. The molecular weight excluding hydrogens is 606 g/mol. The molecule has 12 heteroatoms. The Labute approximate surface area is 269 Å². The number of phenolic OH excluding ortho intramolecular Hbond substituents is 1. The van der Waals surface area contributed by atoms with Crippen LogP contribution in [0, 0.1) is 28.5 Å². The van der Waals surface area contributed by atoms with Crippen LogP contribution in [-0.2, 0) is 11.3 Å². The molecule has 3 aromatic carbocycles. The van der Waals surface area contributed by atoms with Gasteiger partial charge in [0.2, 0.25) is 0 Å². The van der Waals surface area contributed by atoms with Crippen molar-refractivity contribution >= 4 is 17.8 Å². The molecule has 0 saturated carbocycles. The van der Waals surface area contributed by atoms with Crippen molar-refractivity contribution in [3.8, 4) is 45.9 Å². The number of phenols is 1. The van der Waals surface area contributed by atoms with Crippen molar-refractivity contribution in [1.82, 2.24) is 15.8 Å². The van der Waals surface area contributed by atoms with Crippen molar-refractivity contribution in [2.45, 2.75) is 25.4 Å². The lowest BCUT2D eigenvalue weighted by Gasteiger charge is -2.34. The number of aromatic nitrogens is 1. The Morgan fingerprint density at radius 1 is 1.09 bits per heavy atom. The van der Waals surface area contributed by atoms with Gasteiger partial charge in [0.25, 0.3) is 0 Å². The van der Waals surface area contributed by atoms with Crippen LogP contribution in [0.5, 0.6) is 11.5 Å². The van der Waals surface area contributed by atoms with Gasteiger partial charge in [-0.3, -0.25) is 10.0 Å². The minimum absolute atomic E-state index is 0.104. The van der Waals surface area contributed by atoms with Crippen LogP contribution < -0.4 is 20.4 Å². The number of carbonyl (C=O) groups excluding carboxylic acids is 1. The molecule has 0 spiro atoms. The largest absolute Gasteiger partial charge is 0.504 e. The molecule has 238 valence electrons. The highest BCUT2D eigenvalue weighted by molar-refractivity contribution is 5.94. The van der Waals surface area contributed by atoms with Crippen LogP contribution in [0.4, 0.5) is 14.6 Å². The molecular formula is C35H30F2N6O4. The molecule has 0 atom stereocenters. The Hall–Kier alpha value is -5.82. The summed E-state index contributed by atoms with van der Waals surface area (Å²) in [6, 6.07) is 20.3. The van der Waals surface area contributed by atoms with Crippen molar-refractivity contribution in [3.05, 3.63) is 101 Å². The van der Waals surface area contributed by atoms with Gasteiger partial charge in [-0.1, -0.05) is 36.4 Å². The molecule has 0 radical (unpaired) electrons. The molecule has 5 rings (SSSR count). The van der Waals surface area contributed by atoms with Crippen molar-refractivity contribution in [2.75, 3.05) is 25.1 Å². The predicted molar refractivity (Wildman–Crippen MR) is 170 cm³/mol. The fraction of sp³-hybridized carbons (Fsp3) is 0.200. The Morgan fingerprint density at radius 3 is 2.43 bits per heavy atom. The van der Waals surface area contributed by atoms with Gasteiger partial charge in [0.05, 0.1) is 12.7 Å². The molecule has 1 fully saturated rings. The van der Waals surface area contributed by atoms with Gasteiger partial charge in [0, 0.05) is 43.0 Å². The van der Waals surface area contributed by atoms with E-state index in [0.29, 0.717) is 53.3 Å². The van der Waals surface area contributed by atoms with Crippen LogP contribution in [0.15, 0.2) is 72.7 Å².